The molecule has 1 rings (SSSR count). The van der Waals surface area contributed by atoms with E-state index in [-0.39, 0.29) is 5.75 Å². The molecule has 0 saturated heterocycles. The van der Waals surface area contributed by atoms with Crippen molar-refractivity contribution < 1.29 is 8.42 Å². The van der Waals surface area contributed by atoms with Gasteiger partial charge >= 0.3 is 0 Å². The van der Waals surface area contributed by atoms with Gasteiger partial charge in [-0.05, 0) is 42.7 Å². The molecular weight excluding hydrogens is 308 g/mol. The molecule has 0 spiro atoms. The van der Waals surface area contributed by atoms with Gasteiger partial charge in [0.25, 0.3) is 0 Å². The van der Waals surface area contributed by atoms with Gasteiger partial charge in [0.1, 0.15) is 0 Å². The van der Waals surface area contributed by atoms with E-state index >= 15 is 0 Å². The number of hydrogen-bond donors (Lipinski definition) is 3. The molecule has 120 valence electrons. The number of thiophene rings is 1. The average molecular weight is 332 g/mol. The molecule has 8 heteroatoms. The lowest BCUT2D eigenvalue weighted by Crippen LogP contribution is -2.38. The third kappa shape index (κ3) is 8.03. The Labute approximate surface area is 131 Å². The SMILES string of the molecule is CCNC(=NCc1ccsc1)NCCCNS(=O)(=O)CC. The van der Waals surface area contributed by atoms with E-state index in [1.165, 1.54) is 5.56 Å². The third-order valence-electron chi connectivity index (χ3n) is 2.69. The summed E-state index contributed by atoms with van der Waals surface area (Å²) in [6, 6.07) is 2.05. The Hall–Kier alpha value is -1.12. The molecule has 0 atom stereocenters. The summed E-state index contributed by atoms with van der Waals surface area (Å²) < 4.78 is 25.1. The number of aliphatic imine (C=N–C) groups is 1. The Morgan fingerprint density at radius 1 is 1.29 bits per heavy atom. The lowest BCUT2D eigenvalue weighted by Gasteiger charge is -2.11. The summed E-state index contributed by atoms with van der Waals surface area (Å²) in [6.07, 6.45) is 0.710. The van der Waals surface area contributed by atoms with Crippen LogP contribution in [0.4, 0.5) is 0 Å². The van der Waals surface area contributed by atoms with Gasteiger partial charge in [0.05, 0.1) is 12.3 Å². The Morgan fingerprint density at radius 2 is 2.10 bits per heavy atom. The van der Waals surface area contributed by atoms with Crippen LogP contribution < -0.4 is 15.4 Å². The van der Waals surface area contributed by atoms with Crippen molar-refractivity contribution in [1.29, 1.82) is 0 Å². The predicted molar refractivity (Wildman–Crippen MR) is 89.2 cm³/mol. The van der Waals surface area contributed by atoms with Crippen molar-refractivity contribution >= 4 is 27.3 Å². The summed E-state index contributed by atoms with van der Waals surface area (Å²) in [5.41, 5.74) is 1.19. The summed E-state index contributed by atoms with van der Waals surface area (Å²) >= 11 is 1.66. The molecule has 0 amide bonds. The van der Waals surface area contributed by atoms with Crippen LogP contribution in [0.3, 0.4) is 0 Å². The normalized spacial score (nSPS) is 12.4. The van der Waals surface area contributed by atoms with Gasteiger partial charge in [-0.15, -0.1) is 0 Å². The summed E-state index contributed by atoms with van der Waals surface area (Å²) in [4.78, 5) is 4.48. The van der Waals surface area contributed by atoms with E-state index < -0.39 is 10.0 Å². The predicted octanol–water partition coefficient (Wildman–Crippen LogP) is 1.13. The number of nitrogens with one attached hydrogen (secondary N) is 3. The Balaban J connectivity index is 2.29. The molecule has 0 aromatic carbocycles. The lowest BCUT2D eigenvalue weighted by molar-refractivity contribution is 0.579. The maximum absolute atomic E-state index is 11.3. The van der Waals surface area contributed by atoms with Crippen LogP contribution in [0, 0.1) is 0 Å². The summed E-state index contributed by atoms with van der Waals surface area (Å²) in [5.74, 6) is 0.868. The lowest BCUT2D eigenvalue weighted by atomic mass is 10.3. The van der Waals surface area contributed by atoms with Gasteiger partial charge in [-0.2, -0.15) is 11.3 Å². The van der Waals surface area contributed by atoms with Gasteiger partial charge < -0.3 is 10.6 Å². The molecule has 0 radical (unpaired) electrons. The largest absolute Gasteiger partial charge is 0.357 e. The summed E-state index contributed by atoms with van der Waals surface area (Å²) in [6.45, 7) is 6.17. The molecule has 6 nitrogen and oxygen atoms in total. The van der Waals surface area contributed by atoms with E-state index in [4.69, 9.17) is 0 Å². The van der Waals surface area contributed by atoms with Crippen LogP contribution in [0.5, 0.6) is 0 Å². The molecule has 0 aliphatic rings. The Kier molecular flexibility index (Phi) is 8.33. The van der Waals surface area contributed by atoms with Gasteiger partial charge in [-0.1, -0.05) is 0 Å². The first-order valence-electron chi connectivity index (χ1n) is 7.08. The van der Waals surface area contributed by atoms with Crippen molar-refractivity contribution in [3.05, 3.63) is 22.4 Å². The van der Waals surface area contributed by atoms with Crippen molar-refractivity contribution in [2.75, 3.05) is 25.4 Å². The number of hydrogen-bond acceptors (Lipinski definition) is 4. The van der Waals surface area contributed by atoms with Crippen LogP contribution in [0.25, 0.3) is 0 Å². The Morgan fingerprint density at radius 3 is 2.71 bits per heavy atom. The van der Waals surface area contributed by atoms with Gasteiger partial charge in [0.15, 0.2) is 5.96 Å². The van der Waals surface area contributed by atoms with Gasteiger partial charge in [0.2, 0.25) is 10.0 Å². The molecular formula is C13H24N4O2S2. The minimum absolute atomic E-state index is 0.116. The smallest absolute Gasteiger partial charge is 0.211 e. The fourth-order valence-corrected chi connectivity index (χ4v) is 2.84. The molecule has 1 aromatic rings. The number of nitrogens with zero attached hydrogens (tertiary/aromatic N) is 1. The summed E-state index contributed by atoms with van der Waals surface area (Å²) in [5, 5.41) is 10.5. The average Bonchev–Trinajstić information content (AvgIpc) is 2.97. The van der Waals surface area contributed by atoms with Crippen LogP contribution in [0.15, 0.2) is 21.8 Å². The molecule has 0 aliphatic heterocycles. The molecule has 3 N–H and O–H groups in total. The van der Waals surface area contributed by atoms with Gasteiger partial charge in [-0.25, -0.2) is 18.1 Å². The van der Waals surface area contributed by atoms with Crippen LogP contribution in [0.2, 0.25) is 0 Å². The Bertz CT molecular complexity index is 512. The van der Waals surface area contributed by atoms with Crippen molar-refractivity contribution in [2.45, 2.75) is 26.8 Å². The molecule has 1 aromatic heterocycles. The molecule has 0 aliphatic carbocycles. The molecule has 21 heavy (non-hydrogen) atoms. The van der Waals surface area contributed by atoms with Crippen molar-refractivity contribution in [2.24, 2.45) is 4.99 Å². The molecule has 1 heterocycles. The monoisotopic (exact) mass is 332 g/mol. The minimum atomic E-state index is -3.09. The van der Waals surface area contributed by atoms with Crippen molar-refractivity contribution in [3.8, 4) is 0 Å². The van der Waals surface area contributed by atoms with Crippen LogP contribution >= 0.6 is 11.3 Å². The quantitative estimate of drug-likeness (QED) is 0.360. The van der Waals surface area contributed by atoms with E-state index in [1.54, 1.807) is 18.3 Å². The first-order valence-corrected chi connectivity index (χ1v) is 9.67. The zero-order chi connectivity index (χ0) is 15.6. The van der Waals surface area contributed by atoms with Crippen LogP contribution in [-0.2, 0) is 16.6 Å². The standard InChI is InChI=1S/C13H24N4O2S2/c1-3-14-13(16-10-12-6-9-20-11-12)15-7-5-8-17-21(18,19)4-2/h6,9,11,17H,3-5,7-8,10H2,1-2H3,(H2,14,15,16). The van der Waals surface area contributed by atoms with Gasteiger partial charge in [0, 0.05) is 19.6 Å². The highest BCUT2D eigenvalue weighted by Crippen LogP contribution is 2.06. The molecule has 0 bridgehead atoms. The number of rotatable bonds is 9. The van der Waals surface area contributed by atoms with Crippen LogP contribution in [-0.4, -0.2) is 39.8 Å². The second-order valence-corrected chi connectivity index (χ2v) is 7.28. The van der Waals surface area contributed by atoms with Crippen molar-refractivity contribution in [3.63, 3.8) is 0 Å². The van der Waals surface area contributed by atoms with E-state index in [9.17, 15) is 8.42 Å². The fourth-order valence-electron chi connectivity index (χ4n) is 1.52. The first-order chi connectivity index (χ1) is 10.1. The second kappa shape index (κ2) is 9.75. The zero-order valence-electron chi connectivity index (χ0n) is 12.6. The highest BCUT2D eigenvalue weighted by Gasteiger charge is 2.04. The minimum Gasteiger partial charge on any atom is -0.357 e. The maximum atomic E-state index is 11.3. The van der Waals surface area contributed by atoms with E-state index in [2.05, 4.69) is 31.8 Å². The molecule has 0 saturated carbocycles. The number of sulfonamides is 1. The summed E-state index contributed by atoms with van der Waals surface area (Å²) in [7, 11) is -3.09. The van der Waals surface area contributed by atoms with E-state index in [0.29, 0.717) is 26.1 Å². The highest BCUT2D eigenvalue weighted by molar-refractivity contribution is 7.89. The first kappa shape index (κ1) is 17.9. The second-order valence-electron chi connectivity index (χ2n) is 4.40. The van der Waals surface area contributed by atoms with Crippen molar-refractivity contribution in [1.82, 2.24) is 15.4 Å². The topological polar surface area (TPSA) is 82.6 Å². The maximum Gasteiger partial charge on any atom is 0.211 e. The fraction of sp³-hybridized carbons (Fsp3) is 0.615. The van der Waals surface area contributed by atoms with Gasteiger partial charge in [-0.3, -0.25) is 0 Å². The van der Waals surface area contributed by atoms with Crippen LogP contribution in [0.1, 0.15) is 25.8 Å². The van der Waals surface area contributed by atoms with E-state index in [1.807, 2.05) is 12.3 Å². The molecule has 0 unspecified atom stereocenters. The number of guanidine groups is 1. The van der Waals surface area contributed by atoms with E-state index in [0.717, 1.165) is 12.5 Å². The third-order valence-corrected chi connectivity index (χ3v) is 4.83. The molecule has 0 fully saturated rings. The highest BCUT2D eigenvalue weighted by atomic mass is 32.2. The zero-order valence-corrected chi connectivity index (χ0v) is 14.2.